The second kappa shape index (κ2) is 15.2. The summed E-state index contributed by atoms with van der Waals surface area (Å²) < 4.78 is 4.77. The monoisotopic (exact) mass is 866 g/mol. The van der Waals surface area contributed by atoms with Crippen molar-refractivity contribution in [3.8, 4) is 11.4 Å². The lowest BCUT2D eigenvalue weighted by atomic mass is 9.91. The molecule has 0 saturated carbocycles. The summed E-state index contributed by atoms with van der Waals surface area (Å²) >= 11 is 0. The van der Waals surface area contributed by atoms with Crippen LogP contribution in [0.2, 0.25) is 0 Å². The Morgan fingerprint density at radius 2 is 0.588 bits per heavy atom. The van der Waals surface area contributed by atoms with Gasteiger partial charge in [0, 0.05) is 66.4 Å². The molecular formula is C64H42N4. The van der Waals surface area contributed by atoms with Crippen LogP contribution < -0.4 is 9.80 Å². The molecule has 0 fully saturated rings. The van der Waals surface area contributed by atoms with Crippen molar-refractivity contribution < 1.29 is 0 Å². The zero-order chi connectivity index (χ0) is 44.7. The van der Waals surface area contributed by atoms with E-state index < -0.39 is 0 Å². The molecule has 12 aromatic carbocycles. The van der Waals surface area contributed by atoms with Crippen LogP contribution >= 0.6 is 0 Å². The lowest BCUT2D eigenvalue weighted by Gasteiger charge is -2.29. The molecule has 68 heavy (non-hydrogen) atoms. The van der Waals surface area contributed by atoms with Crippen LogP contribution in [-0.4, -0.2) is 9.13 Å². The zero-order valence-corrected chi connectivity index (χ0v) is 37.0. The highest BCUT2D eigenvalue weighted by Gasteiger charge is 2.24. The summed E-state index contributed by atoms with van der Waals surface area (Å²) in [5, 5.41) is 12.3. The van der Waals surface area contributed by atoms with Crippen molar-refractivity contribution in [3.05, 3.63) is 255 Å². The second-order valence-corrected chi connectivity index (χ2v) is 17.7. The average molecular weight is 867 g/mol. The van der Waals surface area contributed by atoms with Crippen LogP contribution in [0.5, 0.6) is 0 Å². The summed E-state index contributed by atoms with van der Waals surface area (Å²) in [6.07, 6.45) is 0. The minimum absolute atomic E-state index is 1.11. The van der Waals surface area contributed by atoms with E-state index in [0.29, 0.717) is 0 Å². The third kappa shape index (κ3) is 5.81. The smallest absolute Gasteiger partial charge is 0.0542 e. The highest BCUT2D eigenvalue weighted by Crippen LogP contribution is 2.49. The van der Waals surface area contributed by atoms with E-state index in [9.17, 15) is 0 Å². The molecule has 14 rings (SSSR count). The van der Waals surface area contributed by atoms with Crippen LogP contribution in [-0.2, 0) is 0 Å². The summed E-state index contributed by atoms with van der Waals surface area (Å²) in [6.45, 7) is 0. The van der Waals surface area contributed by atoms with E-state index >= 15 is 0 Å². The van der Waals surface area contributed by atoms with Crippen LogP contribution in [0.25, 0.3) is 87.3 Å². The molecule has 0 unspecified atom stereocenters. The predicted octanol–water partition coefficient (Wildman–Crippen LogP) is 17.7. The normalized spacial score (nSPS) is 11.8. The Bertz CT molecular complexity index is 3920. The number of nitrogens with zero attached hydrogens (tertiary/aromatic N) is 4. The fourth-order valence-electron chi connectivity index (χ4n) is 11.1. The van der Waals surface area contributed by atoms with Crippen molar-refractivity contribution in [3.63, 3.8) is 0 Å². The molecule has 0 saturated heterocycles. The third-order valence-corrected chi connectivity index (χ3v) is 14.0. The summed E-state index contributed by atoms with van der Waals surface area (Å²) in [7, 11) is 0. The standard InChI is InChI=1S/C64H42N4/c1-5-17-45(18-6-1)65(49-33-39-61-55(41-49)51-25-13-15-27-57(51)67(61)47-21-9-3-10-22-47)59-37-31-43-30-36-54-60(38-32-44-29-35-53(59)63(43)64(44)54)66(46-19-7-2-8-20-46)50-34-40-62-56(42-50)52-26-14-16-28-58(52)68(62)48-23-11-4-12-24-48/h1-42H. The van der Waals surface area contributed by atoms with Crippen molar-refractivity contribution in [2.75, 3.05) is 9.80 Å². The third-order valence-electron chi connectivity index (χ3n) is 14.0. The summed E-state index contributed by atoms with van der Waals surface area (Å²) in [6, 6.07) is 93.0. The Balaban J connectivity index is 0.980. The molecule has 0 amide bonds. The number of rotatable bonds is 8. The van der Waals surface area contributed by atoms with Crippen LogP contribution in [0.3, 0.4) is 0 Å². The maximum Gasteiger partial charge on any atom is 0.0542 e. The van der Waals surface area contributed by atoms with Gasteiger partial charge in [-0.1, -0.05) is 146 Å². The van der Waals surface area contributed by atoms with Gasteiger partial charge in [-0.25, -0.2) is 0 Å². The van der Waals surface area contributed by atoms with E-state index in [1.54, 1.807) is 0 Å². The van der Waals surface area contributed by atoms with E-state index in [-0.39, 0.29) is 0 Å². The van der Waals surface area contributed by atoms with Gasteiger partial charge in [0.2, 0.25) is 0 Å². The predicted molar refractivity (Wildman–Crippen MR) is 288 cm³/mol. The molecular weight excluding hydrogens is 825 g/mol. The van der Waals surface area contributed by atoms with Gasteiger partial charge in [0.05, 0.1) is 33.4 Å². The van der Waals surface area contributed by atoms with Gasteiger partial charge in [-0.2, -0.15) is 0 Å². The zero-order valence-electron chi connectivity index (χ0n) is 37.0. The van der Waals surface area contributed by atoms with Crippen molar-refractivity contribution in [1.82, 2.24) is 9.13 Å². The average Bonchev–Trinajstić information content (AvgIpc) is 3.92. The van der Waals surface area contributed by atoms with Crippen LogP contribution in [0.15, 0.2) is 255 Å². The van der Waals surface area contributed by atoms with E-state index in [2.05, 4.69) is 274 Å². The van der Waals surface area contributed by atoms with Gasteiger partial charge in [0.15, 0.2) is 0 Å². The first kappa shape index (κ1) is 38.2. The van der Waals surface area contributed by atoms with Crippen LogP contribution in [0, 0.1) is 0 Å². The van der Waals surface area contributed by atoms with E-state index in [1.165, 1.54) is 75.9 Å². The number of benzene rings is 12. The minimum atomic E-state index is 1.11. The molecule has 14 aromatic rings. The van der Waals surface area contributed by atoms with Gasteiger partial charge in [-0.15, -0.1) is 0 Å². The lowest BCUT2D eigenvalue weighted by molar-refractivity contribution is 1.18. The Kier molecular flexibility index (Phi) is 8.55. The van der Waals surface area contributed by atoms with Crippen molar-refractivity contribution in [1.29, 1.82) is 0 Å². The summed E-state index contributed by atoms with van der Waals surface area (Å²) in [4.78, 5) is 4.89. The van der Waals surface area contributed by atoms with Crippen molar-refractivity contribution in [2.45, 2.75) is 0 Å². The summed E-state index contributed by atoms with van der Waals surface area (Å²) in [5.74, 6) is 0. The molecule has 0 aliphatic heterocycles. The molecule has 0 spiro atoms. The summed E-state index contributed by atoms with van der Waals surface area (Å²) in [5.41, 5.74) is 13.7. The van der Waals surface area contributed by atoms with Crippen molar-refractivity contribution >= 4 is 110 Å². The van der Waals surface area contributed by atoms with Crippen LogP contribution in [0.4, 0.5) is 34.1 Å². The highest BCUT2D eigenvalue weighted by atomic mass is 15.2. The number of hydrogen-bond acceptors (Lipinski definition) is 2. The molecule has 0 bridgehead atoms. The molecule has 0 aliphatic carbocycles. The topological polar surface area (TPSA) is 16.3 Å². The molecule has 2 aromatic heterocycles. The molecule has 318 valence electrons. The molecule has 0 atom stereocenters. The minimum Gasteiger partial charge on any atom is -0.310 e. The second-order valence-electron chi connectivity index (χ2n) is 17.7. The maximum atomic E-state index is 2.44. The van der Waals surface area contributed by atoms with E-state index in [1.807, 2.05) is 0 Å². The first-order valence-electron chi connectivity index (χ1n) is 23.3. The van der Waals surface area contributed by atoms with Gasteiger partial charge in [-0.3, -0.25) is 0 Å². The van der Waals surface area contributed by atoms with Gasteiger partial charge >= 0.3 is 0 Å². The Morgan fingerprint density at radius 1 is 0.235 bits per heavy atom. The Morgan fingerprint density at radius 3 is 1.01 bits per heavy atom. The quantitative estimate of drug-likeness (QED) is 0.142. The maximum absolute atomic E-state index is 2.44. The largest absolute Gasteiger partial charge is 0.310 e. The molecule has 2 heterocycles. The number of aromatic nitrogens is 2. The molecule has 0 N–H and O–H groups in total. The number of anilines is 6. The van der Waals surface area contributed by atoms with E-state index in [0.717, 1.165) is 45.5 Å². The fourth-order valence-corrected chi connectivity index (χ4v) is 11.1. The first-order valence-corrected chi connectivity index (χ1v) is 23.3. The van der Waals surface area contributed by atoms with E-state index in [4.69, 9.17) is 0 Å². The number of para-hydroxylation sites is 6. The molecule has 0 aliphatic rings. The molecule has 4 nitrogen and oxygen atoms in total. The van der Waals surface area contributed by atoms with Gasteiger partial charge in [0.25, 0.3) is 0 Å². The number of fused-ring (bicyclic) bond motifs is 6. The fraction of sp³-hybridized carbons (Fsp3) is 0. The lowest BCUT2D eigenvalue weighted by Crippen LogP contribution is -2.11. The number of hydrogen-bond donors (Lipinski definition) is 0. The molecule has 4 heteroatoms. The van der Waals surface area contributed by atoms with Crippen LogP contribution in [0.1, 0.15) is 0 Å². The first-order chi connectivity index (χ1) is 33.8. The van der Waals surface area contributed by atoms with Gasteiger partial charge in [-0.05, 0) is 131 Å². The molecule has 0 radical (unpaired) electrons. The SMILES string of the molecule is c1ccc(N(c2ccc3c(c2)c2ccccc2n3-c2ccccc2)c2ccc3ccc4c(N(c5ccccc5)c5ccc6c(c5)c5ccccc5n6-c5ccccc5)ccc5ccc2c3c54)cc1. The van der Waals surface area contributed by atoms with Crippen molar-refractivity contribution in [2.24, 2.45) is 0 Å². The Hall–Kier alpha value is -9.12. The highest BCUT2D eigenvalue weighted by molar-refractivity contribution is 6.28. The van der Waals surface area contributed by atoms with Gasteiger partial charge in [0.1, 0.15) is 0 Å². The Labute approximate surface area is 393 Å². The van der Waals surface area contributed by atoms with Gasteiger partial charge < -0.3 is 18.9 Å².